The second-order valence-corrected chi connectivity index (χ2v) is 7.16. The Morgan fingerprint density at radius 3 is 2.43 bits per heavy atom. The first-order chi connectivity index (χ1) is 14.2. The number of nitrogens with two attached hydrogens (primary N) is 1. The summed E-state index contributed by atoms with van der Waals surface area (Å²) in [5.74, 6) is -2.69. The molecule has 0 spiro atoms. The Morgan fingerprint density at radius 1 is 1.10 bits per heavy atom. The molecule has 1 aromatic heterocycles. The van der Waals surface area contributed by atoms with E-state index in [4.69, 9.17) is 10.5 Å². The van der Waals surface area contributed by atoms with Crippen LogP contribution in [0, 0.1) is 5.92 Å². The average molecular weight is 414 g/mol. The van der Waals surface area contributed by atoms with E-state index in [0.717, 1.165) is 14.7 Å². The van der Waals surface area contributed by atoms with Gasteiger partial charge in [-0.1, -0.05) is 30.3 Å². The molecule has 1 aromatic carbocycles. The summed E-state index contributed by atoms with van der Waals surface area (Å²) in [6.07, 6.45) is -0.0103. The van der Waals surface area contributed by atoms with Gasteiger partial charge in [-0.3, -0.25) is 28.3 Å². The number of benzene rings is 1. The minimum atomic E-state index is -0.860. The molecule has 3 rings (SSSR count). The van der Waals surface area contributed by atoms with Crippen molar-refractivity contribution in [2.75, 3.05) is 18.9 Å². The van der Waals surface area contributed by atoms with Crippen LogP contribution in [0.25, 0.3) is 0 Å². The van der Waals surface area contributed by atoms with E-state index in [1.165, 1.54) is 14.1 Å². The largest absolute Gasteiger partial charge is 0.457 e. The number of nitrogens with zero attached hydrogens (tertiary/aromatic N) is 3. The third kappa shape index (κ3) is 4.02. The van der Waals surface area contributed by atoms with E-state index in [1.54, 1.807) is 4.90 Å². The molecule has 2 N–H and O–H groups in total. The van der Waals surface area contributed by atoms with Crippen molar-refractivity contribution in [2.45, 2.75) is 13.0 Å². The number of aromatic nitrogens is 2. The topological polar surface area (TPSA) is 134 Å². The Morgan fingerprint density at radius 2 is 1.77 bits per heavy atom. The zero-order valence-electron chi connectivity index (χ0n) is 16.7. The second-order valence-electron chi connectivity index (χ2n) is 7.16. The van der Waals surface area contributed by atoms with Crippen LogP contribution >= 0.6 is 0 Å². The van der Waals surface area contributed by atoms with Gasteiger partial charge in [0, 0.05) is 33.6 Å². The van der Waals surface area contributed by atoms with Crippen LogP contribution < -0.4 is 17.0 Å². The number of hydrogen-bond acceptors (Lipinski definition) is 7. The normalized spacial score (nSPS) is 16.0. The molecule has 1 aliphatic heterocycles. The smallest absolute Gasteiger partial charge is 0.332 e. The number of carbonyl (C=O) groups is 3. The molecule has 158 valence electrons. The molecule has 1 saturated heterocycles. The van der Waals surface area contributed by atoms with Crippen LogP contribution in [0.4, 0.5) is 5.82 Å². The molecule has 1 amide bonds. The number of esters is 1. The lowest BCUT2D eigenvalue weighted by Gasteiger charge is -2.16. The van der Waals surface area contributed by atoms with Crippen molar-refractivity contribution >= 4 is 23.5 Å². The average Bonchev–Trinajstić information content (AvgIpc) is 3.10. The van der Waals surface area contributed by atoms with Gasteiger partial charge in [0.05, 0.1) is 5.92 Å². The molecule has 10 heteroatoms. The highest BCUT2D eigenvalue weighted by Gasteiger charge is 2.35. The molecule has 2 heterocycles. The Bertz CT molecular complexity index is 1120. The number of rotatable bonds is 6. The van der Waals surface area contributed by atoms with Gasteiger partial charge in [-0.05, 0) is 5.56 Å². The summed E-state index contributed by atoms with van der Waals surface area (Å²) in [5, 5.41) is 0. The number of carbonyl (C=O) groups excluding carboxylic acids is 3. The monoisotopic (exact) mass is 414 g/mol. The van der Waals surface area contributed by atoms with Crippen LogP contribution in [0.15, 0.2) is 39.9 Å². The summed E-state index contributed by atoms with van der Waals surface area (Å²) in [7, 11) is 2.55. The Kier molecular flexibility index (Phi) is 5.86. The van der Waals surface area contributed by atoms with Crippen molar-refractivity contribution in [2.24, 2.45) is 20.0 Å². The second kappa shape index (κ2) is 8.36. The maximum atomic E-state index is 12.4. The van der Waals surface area contributed by atoms with E-state index in [0.29, 0.717) is 6.54 Å². The fourth-order valence-corrected chi connectivity index (χ4v) is 3.34. The molecular weight excluding hydrogens is 392 g/mol. The van der Waals surface area contributed by atoms with Gasteiger partial charge in [-0.15, -0.1) is 0 Å². The van der Waals surface area contributed by atoms with Crippen LogP contribution in [0.1, 0.15) is 22.3 Å². The van der Waals surface area contributed by atoms with E-state index in [-0.39, 0.29) is 24.7 Å². The predicted octanol–water partition coefficient (Wildman–Crippen LogP) is -0.559. The molecule has 1 atom stereocenters. The van der Waals surface area contributed by atoms with Crippen LogP contribution in [-0.2, 0) is 35.0 Å². The van der Waals surface area contributed by atoms with Crippen LogP contribution in [0.5, 0.6) is 0 Å². The molecule has 1 aliphatic rings. The van der Waals surface area contributed by atoms with Crippen molar-refractivity contribution in [3.8, 4) is 0 Å². The molecule has 1 fully saturated rings. The predicted molar refractivity (Wildman–Crippen MR) is 107 cm³/mol. The van der Waals surface area contributed by atoms with E-state index in [1.807, 2.05) is 30.3 Å². The van der Waals surface area contributed by atoms with Crippen molar-refractivity contribution in [3.05, 3.63) is 62.3 Å². The molecule has 0 bridgehead atoms. The maximum Gasteiger partial charge on any atom is 0.332 e. The van der Waals surface area contributed by atoms with Gasteiger partial charge in [0.2, 0.25) is 11.7 Å². The molecule has 0 aliphatic carbocycles. The molecule has 30 heavy (non-hydrogen) atoms. The van der Waals surface area contributed by atoms with E-state index < -0.39 is 41.1 Å². The van der Waals surface area contributed by atoms with Crippen molar-refractivity contribution < 1.29 is 19.1 Å². The van der Waals surface area contributed by atoms with Gasteiger partial charge in [0.15, 0.2) is 6.61 Å². The van der Waals surface area contributed by atoms with Gasteiger partial charge in [-0.25, -0.2) is 4.79 Å². The number of Topliss-reactive ketones (excluding diaryl/α,β-unsaturated/α-hetero) is 1. The lowest BCUT2D eigenvalue weighted by molar-refractivity contribution is -0.147. The van der Waals surface area contributed by atoms with Crippen molar-refractivity contribution in [3.63, 3.8) is 0 Å². The van der Waals surface area contributed by atoms with E-state index >= 15 is 0 Å². The third-order valence-electron chi connectivity index (χ3n) is 5.10. The highest BCUT2D eigenvalue weighted by atomic mass is 16.5. The highest BCUT2D eigenvalue weighted by molar-refractivity contribution is 6.01. The first kappa shape index (κ1) is 21.0. The maximum absolute atomic E-state index is 12.4. The number of nitrogen functional groups attached to an aromatic ring is 1. The van der Waals surface area contributed by atoms with Gasteiger partial charge in [0.1, 0.15) is 11.4 Å². The number of hydrogen-bond donors (Lipinski definition) is 1. The molecule has 0 unspecified atom stereocenters. The minimum absolute atomic E-state index is 0.0103. The minimum Gasteiger partial charge on any atom is -0.457 e. The van der Waals surface area contributed by atoms with Gasteiger partial charge >= 0.3 is 11.7 Å². The zero-order chi connectivity index (χ0) is 22.0. The van der Waals surface area contributed by atoms with Gasteiger partial charge < -0.3 is 15.4 Å². The Labute approximate surface area is 171 Å². The first-order valence-corrected chi connectivity index (χ1v) is 9.27. The number of ether oxygens (including phenoxy) is 1. The number of amides is 1. The number of likely N-dealkylation sites (tertiary alicyclic amines) is 1. The van der Waals surface area contributed by atoms with E-state index in [2.05, 4.69) is 0 Å². The molecule has 0 saturated carbocycles. The molecule has 10 nitrogen and oxygen atoms in total. The number of anilines is 1. The standard InChI is InChI=1S/C20H22N4O6/c1-22-17(21)16(18(27)23(2)20(22)29)14(25)11-30-19(28)13-8-15(26)24(10-13)9-12-6-4-3-5-7-12/h3-7,13H,8-11,21H2,1-2H3/t13-/m0/s1. The Balaban J connectivity index is 1.64. The fourth-order valence-electron chi connectivity index (χ4n) is 3.34. The fraction of sp³-hybridized carbons (Fsp3) is 0.350. The summed E-state index contributed by atoms with van der Waals surface area (Å²) in [5.41, 5.74) is 4.72. The Hall–Kier alpha value is -3.69. The lowest BCUT2D eigenvalue weighted by Crippen LogP contribution is -2.42. The quantitative estimate of drug-likeness (QED) is 0.495. The molecule has 0 radical (unpaired) electrons. The van der Waals surface area contributed by atoms with Crippen molar-refractivity contribution in [1.29, 1.82) is 0 Å². The van der Waals surface area contributed by atoms with Crippen molar-refractivity contribution in [1.82, 2.24) is 14.0 Å². The van der Waals surface area contributed by atoms with E-state index in [9.17, 15) is 24.0 Å². The summed E-state index contributed by atoms with van der Waals surface area (Å²) in [6, 6.07) is 9.37. The summed E-state index contributed by atoms with van der Waals surface area (Å²) in [6.45, 7) is -0.142. The summed E-state index contributed by atoms with van der Waals surface area (Å²) in [4.78, 5) is 62.6. The first-order valence-electron chi connectivity index (χ1n) is 9.27. The van der Waals surface area contributed by atoms with Gasteiger partial charge in [-0.2, -0.15) is 0 Å². The zero-order valence-corrected chi connectivity index (χ0v) is 16.7. The molecule has 2 aromatic rings. The summed E-state index contributed by atoms with van der Waals surface area (Å²) < 4.78 is 6.77. The highest BCUT2D eigenvalue weighted by Crippen LogP contribution is 2.21. The third-order valence-corrected chi connectivity index (χ3v) is 5.10. The van der Waals surface area contributed by atoms with Crippen LogP contribution in [0.3, 0.4) is 0 Å². The van der Waals surface area contributed by atoms with Gasteiger partial charge in [0.25, 0.3) is 5.56 Å². The lowest BCUT2D eigenvalue weighted by atomic mass is 10.1. The SMILES string of the molecule is Cn1c(N)c(C(=O)COC(=O)[C@H]2CC(=O)N(Cc3ccccc3)C2)c(=O)n(C)c1=O. The van der Waals surface area contributed by atoms with Crippen LogP contribution in [-0.4, -0.2) is 44.8 Å². The molecular formula is C20H22N4O6. The summed E-state index contributed by atoms with van der Waals surface area (Å²) >= 11 is 0. The number of ketones is 1. The van der Waals surface area contributed by atoms with Crippen LogP contribution in [0.2, 0.25) is 0 Å².